The second-order valence-corrected chi connectivity index (χ2v) is 5.56. The lowest BCUT2D eigenvalue weighted by Gasteiger charge is -2.11. The quantitative estimate of drug-likeness (QED) is 0.886. The van der Waals surface area contributed by atoms with Crippen molar-refractivity contribution in [3.05, 3.63) is 35.2 Å². The number of ether oxygens (including phenoxy) is 1. The molecule has 2 atom stereocenters. The fraction of sp³-hybridized carbons (Fsp3) is 0.429. The van der Waals surface area contributed by atoms with Gasteiger partial charge in [0.25, 0.3) is 0 Å². The molecule has 1 amide bonds. The van der Waals surface area contributed by atoms with Crippen LogP contribution < -0.4 is 11.1 Å². The molecule has 3 heterocycles. The molecule has 1 saturated heterocycles. The first-order valence-corrected chi connectivity index (χ1v) is 7.30. The number of hydrogen-bond acceptors (Lipinski definition) is 4. The Morgan fingerprint density at radius 3 is 3.10 bits per heavy atom. The third-order valence-electron chi connectivity index (χ3n) is 3.57. The molecule has 0 bridgehead atoms. The van der Waals surface area contributed by atoms with Gasteiger partial charge >= 0.3 is 0 Å². The molecule has 0 radical (unpaired) electrons. The predicted octanol–water partition coefficient (Wildman–Crippen LogP) is 1.11. The van der Waals surface area contributed by atoms with Gasteiger partial charge in [0.2, 0.25) is 5.91 Å². The molecule has 2 aromatic rings. The van der Waals surface area contributed by atoms with E-state index in [2.05, 4.69) is 10.3 Å². The summed E-state index contributed by atoms with van der Waals surface area (Å²) >= 11 is 5.92. The SMILES string of the molecule is NC[C@H]1CC[C@@H](C(=O)NCc2cn3cc(Cl)ccc3n2)O1. The number of rotatable bonds is 4. The van der Waals surface area contributed by atoms with Gasteiger partial charge in [0.05, 0.1) is 23.4 Å². The number of nitrogens with two attached hydrogens (primary N) is 1. The third kappa shape index (κ3) is 3.18. The van der Waals surface area contributed by atoms with E-state index in [0.29, 0.717) is 24.5 Å². The number of nitrogens with zero attached hydrogens (tertiary/aromatic N) is 2. The van der Waals surface area contributed by atoms with Crippen molar-refractivity contribution >= 4 is 23.2 Å². The highest BCUT2D eigenvalue weighted by molar-refractivity contribution is 6.30. The number of carbonyl (C=O) groups is 1. The maximum Gasteiger partial charge on any atom is 0.249 e. The summed E-state index contributed by atoms with van der Waals surface area (Å²) < 4.78 is 7.39. The molecule has 0 saturated carbocycles. The van der Waals surface area contributed by atoms with Crippen LogP contribution in [0.5, 0.6) is 0 Å². The van der Waals surface area contributed by atoms with Gasteiger partial charge in [0.1, 0.15) is 11.8 Å². The van der Waals surface area contributed by atoms with Crippen molar-refractivity contribution in [3.8, 4) is 0 Å². The fourth-order valence-corrected chi connectivity index (χ4v) is 2.63. The van der Waals surface area contributed by atoms with E-state index >= 15 is 0 Å². The number of carbonyl (C=O) groups excluding carboxylic acids is 1. The van der Waals surface area contributed by atoms with E-state index in [-0.39, 0.29) is 12.0 Å². The van der Waals surface area contributed by atoms with Crippen LogP contribution in [0.4, 0.5) is 0 Å². The number of pyridine rings is 1. The van der Waals surface area contributed by atoms with Gasteiger partial charge in [0.15, 0.2) is 0 Å². The summed E-state index contributed by atoms with van der Waals surface area (Å²) in [5.41, 5.74) is 7.11. The first-order valence-electron chi connectivity index (χ1n) is 6.92. The van der Waals surface area contributed by atoms with Crippen molar-refractivity contribution in [2.75, 3.05) is 6.54 Å². The molecule has 1 fully saturated rings. The van der Waals surface area contributed by atoms with Crippen LogP contribution in [0, 0.1) is 0 Å². The molecule has 2 aromatic heterocycles. The molecule has 3 rings (SSSR count). The number of imidazole rings is 1. The largest absolute Gasteiger partial charge is 0.364 e. The Morgan fingerprint density at radius 1 is 1.48 bits per heavy atom. The van der Waals surface area contributed by atoms with E-state index < -0.39 is 6.10 Å². The predicted molar refractivity (Wildman–Crippen MR) is 79.0 cm³/mol. The van der Waals surface area contributed by atoms with Crippen LogP contribution >= 0.6 is 11.6 Å². The van der Waals surface area contributed by atoms with E-state index in [1.54, 1.807) is 12.3 Å². The minimum atomic E-state index is -0.398. The maximum absolute atomic E-state index is 12.0. The van der Waals surface area contributed by atoms with E-state index in [0.717, 1.165) is 17.8 Å². The summed E-state index contributed by atoms with van der Waals surface area (Å²) in [4.78, 5) is 16.4. The Morgan fingerprint density at radius 2 is 2.33 bits per heavy atom. The van der Waals surface area contributed by atoms with E-state index in [4.69, 9.17) is 22.1 Å². The summed E-state index contributed by atoms with van der Waals surface area (Å²) in [6.45, 7) is 0.822. The Bertz CT molecular complexity index is 657. The average Bonchev–Trinajstić information content (AvgIpc) is 3.10. The lowest BCUT2D eigenvalue weighted by molar-refractivity contribution is -0.132. The van der Waals surface area contributed by atoms with Crippen LogP contribution in [0.25, 0.3) is 5.65 Å². The van der Waals surface area contributed by atoms with E-state index in [9.17, 15) is 4.79 Å². The zero-order valence-electron chi connectivity index (χ0n) is 11.5. The second-order valence-electron chi connectivity index (χ2n) is 5.12. The number of amides is 1. The van der Waals surface area contributed by atoms with Gasteiger partial charge in [-0.3, -0.25) is 4.79 Å². The molecule has 112 valence electrons. The molecular weight excluding hydrogens is 292 g/mol. The number of halogens is 1. The summed E-state index contributed by atoms with van der Waals surface area (Å²) in [7, 11) is 0. The summed E-state index contributed by atoms with van der Waals surface area (Å²) in [5.74, 6) is -0.110. The van der Waals surface area contributed by atoms with Crippen LogP contribution in [0.3, 0.4) is 0 Å². The lowest BCUT2D eigenvalue weighted by Crippen LogP contribution is -2.35. The number of nitrogens with one attached hydrogen (secondary N) is 1. The minimum Gasteiger partial charge on any atom is -0.364 e. The molecule has 1 aliphatic rings. The standard InChI is InChI=1S/C14H17ClN4O2/c15-9-1-4-13-18-10(8-19(13)7-9)6-17-14(20)12-3-2-11(5-16)21-12/h1,4,7-8,11-12H,2-3,5-6,16H2,(H,17,20)/t11-,12+/m1/s1. The Hall–Kier alpha value is -1.63. The van der Waals surface area contributed by atoms with Crippen molar-refractivity contribution in [3.63, 3.8) is 0 Å². The van der Waals surface area contributed by atoms with Gasteiger partial charge in [-0.25, -0.2) is 4.98 Å². The van der Waals surface area contributed by atoms with E-state index in [1.807, 2.05) is 16.7 Å². The summed E-state index contributed by atoms with van der Waals surface area (Å²) in [6.07, 6.45) is 4.78. The van der Waals surface area contributed by atoms with Gasteiger partial charge < -0.3 is 20.2 Å². The molecule has 7 heteroatoms. The maximum atomic E-state index is 12.0. The molecular formula is C14H17ClN4O2. The van der Waals surface area contributed by atoms with Crippen LogP contribution in [-0.4, -0.2) is 34.0 Å². The zero-order chi connectivity index (χ0) is 14.8. The second kappa shape index (κ2) is 6.01. The van der Waals surface area contributed by atoms with Crippen LogP contribution in [-0.2, 0) is 16.1 Å². The average molecular weight is 309 g/mol. The Kier molecular flexibility index (Phi) is 4.10. The van der Waals surface area contributed by atoms with Crippen molar-refractivity contribution in [1.82, 2.24) is 14.7 Å². The molecule has 21 heavy (non-hydrogen) atoms. The monoisotopic (exact) mass is 308 g/mol. The number of hydrogen-bond donors (Lipinski definition) is 2. The zero-order valence-corrected chi connectivity index (χ0v) is 12.2. The third-order valence-corrected chi connectivity index (χ3v) is 3.80. The smallest absolute Gasteiger partial charge is 0.249 e. The van der Waals surface area contributed by atoms with Crippen LogP contribution in [0.2, 0.25) is 5.02 Å². The van der Waals surface area contributed by atoms with Crippen molar-refractivity contribution in [1.29, 1.82) is 0 Å². The molecule has 0 aromatic carbocycles. The molecule has 0 spiro atoms. The van der Waals surface area contributed by atoms with Gasteiger partial charge in [-0.15, -0.1) is 0 Å². The summed E-state index contributed by atoms with van der Waals surface area (Å²) in [5, 5.41) is 3.49. The number of aromatic nitrogens is 2. The van der Waals surface area contributed by atoms with Gasteiger partial charge in [-0.1, -0.05) is 11.6 Å². The van der Waals surface area contributed by atoms with E-state index in [1.165, 1.54) is 0 Å². The van der Waals surface area contributed by atoms with Crippen molar-refractivity contribution in [2.24, 2.45) is 5.73 Å². The van der Waals surface area contributed by atoms with Gasteiger partial charge in [-0.05, 0) is 25.0 Å². The molecule has 3 N–H and O–H groups in total. The molecule has 6 nitrogen and oxygen atoms in total. The first kappa shape index (κ1) is 14.3. The Balaban J connectivity index is 1.60. The minimum absolute atomic E-state index is 0.00177. The highest BCUT2D eigenvalue weighted by atomic mass is 35.5. The highest BCUT2D eigenvalue weighted by Crippen LogP contribution is 2.19. The van der Waals surface area contributed by atoms with Crippen LogP contribution in [0.15, 0.2) is 24.5 Å². The summed E-state index contributed by atoms with van der Waals surface area (Å²) in [6, 6.07) is 3.62. The van der Waals surface area contributed by atoms with Gasteiger partial charge in [-0.2, -0.15) is 0 Å². The fourth-order valence-electron chi connectivity index (χ4n) is 2.47. The lowest BCUT2D eigenvalue weighted by atomic mass is 10.2. The molecule has 1 aliphatic heterocycles. The topological polar surface area (TPSA) is 81.7 Å². The number of fused-ring (bicyclic) bond motifs is 1. The highest BCUT2D eigenvalue weighted by Gasteiger charge is 2.29. The molecule has 0 unspecified atom stereocenters. The van der Waals surface area contributed by atoms with Crippen LogP contribution in [0.1, 0.15) is 18.5 Å². The molecule has 0 aliphatic carbocycles. The normalized spacial score (nSPS) is 21.8. The Labute approximate surface area is 127 Å². The van der Waals surface area contributed by atoms with Gasteiger partial charge in [0, 0.05) is 18.9 Å². The van der Waals surface area contributed by atoms with Crippen molar-refractivity contribution in [2.45, 2.75) is 31.6 Å². The van der Waals surface area contributed by atoms with Crippen molar-refractivity contribution < 1.29 is 9.53 Å². The first-order chi connectivity index (χ1) is 10.2.